The lowest BCUT2D eigenvalue weighted by molar-refractivity contribution is -0.118. The molecule has 3 aromatic carbocycles. The van der Waals surface area contributed by atoms with Crippen LogP contribution in [0.5, 0.6) is 17.2 Å². The number of anilines is 1. The van der Waals surface area contributed by atoms with Crippen LogP contribution in [0.1, 0.15) is 44.1 Å². The molecule has 0 unspecified atom stereocenters. The lowest BCUT2D eigenvalue weighted by atomic mass is 10.0. The summed E-state index contributed by atoms with van der Waals surface area (Å²) in [6.07, 6.45) is 7.67. The molecule has 1 aliphatic heterocycles. The van der Waals surface area contributed by atoms with E-state index >= 15 is 0 Å². The summed E-state index contributed by atoms with van der Waals surface area (Å²) in [5, 5.41) is 6.61. The highest BCUT2D eigenvalue weighted by atomic mass is 16.5. The Kier molecular flexibility index (Phi) is 9.29. The number of nitrogens with one attached hydrogen (secondary N) is 2. The van der Waals surface area contributed by atoms with Crippen molar-refractivity contribution in [2.75, 3.05) is 31.5 Å². The fourth-order valence-electron chi connectivity index (χ4n) is 5.43. The normalized spacial score (nSPS) is 16.4. The molecule has 38 heavy (non-hydrogen) atoms. The minimum atomic E-state index is -0.00964. The predicted molar refractivity (Wildman–Crippen MR) is 152 cm³/mol. The lowest BCUT2D eigenvalue weighted by Gasteiger charge is -2.34. The summed E-state index contributed by atoms with van der Waals surface area (Å²) in [5.74, 6) is 2.13. The van der Waals surface area contributed by atoms with E-state index < -0.39 is 0 Å². The van der Waals surface area contributed by atoms with Crippen LogP contribution >= 0.6 is 0 Å². The third-order valence-electron chi connectivity index (χ3n) is 7.50. The predicted octanol–water partition coefficient (Wildman–Crippen LogP) is 6.04. The van der Waals surface area contributed by atoms with Gasteiger partial charge in [-0.1, -0.05) is 48.5 Å². The van der Waals surface area contributed by atoms with E-state index in [0.29, 0.717) is 29.8 Å². The largest absolute Gasteiger partial charge is 0.488 e. The van der Waals surface area contributed by atoms with Crippen LogP contribution in [0.2, 0.25) is 0 Å². The van der Waals surface area contributed by atoms with Crippen molar-refractivity contribution in [3.8, 4) is 17.2 Å². The average molecular weight is 514 g/mol. The van der Waals surface area contributed by atoms with E-state index in [4.69, 9.17) is 9.47 Å². The topological polar surface area (TPSA) is 62.8 Å². The molecule has 1 aliphatic carbocycles. The van der Waals surface area contributed by atoms with Gasteiger partial charge in [-0.05, 0) is 87.9 Å². The summed E-state index contributed by atoms with van der Waals surface area (Å²) < 4.78 is 12.5. The smallest absolute Gasteiger partial charge is 0.238 e. The minimum Gasteiger partial charge on any atom is -0.488 e. The number of para-hydroxylation sites is 1. The van der Waals surface area contributed by atoms with Gasteiger partial charge in [-0.25, -0.2) is 0 Å². The lowest BCUT2D eigenvalue weighted by Crippen LogP contribution is -2.47. The highest BCUT2D eigenvalue weighted by Crippen LogP contribution is 2.35. The number of rotatable bonds is 11. The average Bonchev–Trinajstić information content (AvgIpc) is 3.47. The van der Waals surface area contributed by atoms with Crippen LogP contribution in [0.4, 0.5) is 5.69 Å². The van der Waals surface area contributed by atoms with E-state index in [1.165, 1.54) is 18.4 Å². The van der Waals surface area contributed by atoms with Crippen LogP contribution in [0, 0.1) is 0 Å². The fraction of sp³-hybridized carbons (Fsp3) is 0.406. The molecule has 0 atom stereocenters. The van der Waals surface area contributed by atoms with Gasteiger partial charge in [0.1, 0.15) is 17.2 Å². The van der Waals surface area contributed by atoms with E-state index in [1.807, 2.05) is 54.6 Å². The van der Waals surface area contributed by atoms with Crippen LogP contribution < -0.4 is 20.1 Å². The van der Waals surface area contributed by atoms with Gasteiger partial charge in [-0.3, -0.25) is 9.69 Å². The maximum absolute atomic E-state index is 13.4. The molecule has 2 fully saturated rings. The maximum atomic E-state index is 13.4. The molecule has 3 aromatic rings. The Morgan fingerprint density at radius 1 is 0.868 bits per heavy atom. The molecule has 0 aromatic heterocycles. The summed E-state index contributed by atoms with van der Waals surface area (Å²) in [6, 6.07) is 26.3. The summed E-state index contributed by atoms with van der Waals surface area (Å²) in [6.45, 7) is 3.22. The van der Waals surface area contributed by atoms with Crippen LogP contribution in [0.25, 0.3) is 0 Å². The first-order valence-corrected chi connectivity index (χ1v) is 14.0. The number of hydrogen-bond donors (Lipinski definition) is 2. The van der Waals surface area contributed by atoms with E-state index in [1.54, 1.807) is 0 Å². The molecule has 1 saturated carbocycles. The standard InChI is InChI=1S/C32H39N3O3/c36-32(24-35(26-17-20-33-21-18-26)22-19-25-9-3-1-4-10-25)34-30-16-15-29(37-27-11-5-2-6-12-27)23-31(30)38-28-13-7-8-14-28/h1-6,9-12,15-16,23,26,28,33H,7-8,13-14,17-22,24H2,(H,34,36). The number of nitrogens with zero attached hydrogens (tertiary/aromatic N) is 1. The molecule has 6 heteroatoms. The molecule has 1 heterocycles. The molecule has 6 nitrogen and oxygen atoms in total. The first-order chi connectivity index (χ1) is 18.7. The number of benzene rings is 3. The number of ether oxygens (including phenoxy) is 2. The zero-order chi connectivity index (χ0) is 26.0. The second kappa shape index (κ2) is 13.4. The van der Waals surface area contributed by atoms with E-state index in [2.05, 4.69) is 39.8 Å². The number of carbonyl (C=O) groups excluding carboxylic acids is 1. The maximum Gasteiger partial charge on any atom is 0.238 e. The second-order valence-corrected chi connectivity index (χ2v) is 10.3. The van der Waals surface area contributed by atoms with Crippen molar-refractivity contribution < 1.29 is 14.3 Å². The van der Waals surface area contributed by atoms with Crippen molar-refractivity contribution in [3.05, 3.63) is 84.4 Å². The van der Waals surface area contributed by atoms with Gasteiger partial charge in [0, 0.05) is 18.7 Å². The summed E-state index contributed by atoms with van der Waals surface area (Å²) in [4.78, 5) is 15.7. The first-order valence-electron chi connectivity index (χ1n) is 14.0. The SMILES string of the molecule is O=C(CN(CCc1ccccc1)C1CCNCC1)Nc1ccc(Oc2ccccc2)cc1OC1CCCC1. The van der Waals surface area contributed by atoms with Gasteiger partial charge in [-0.15, -0.1) is 0 Å². The molecular weight excluding hydrogens is 474 g/mol. The molecule has 0 bridgehead atoms. The highest BCUT2D eigenvalue weighted by Gasteiger charge is 2.24. The molecule has 1 amide bonds. The van der Waals surface area contributed by atoms with Crippen LogP contribution in [0.3, 0.4) is 0 Å². The molecule has 1 saturated heterocycles. The van der Waals surface area contributed by atoms with Gasteiger partial charge in [-0.2, -0.15) is 0 Å². The van der Waals surface area contributed by atoms with Crippen LogP contribution in [0.15, 0.2) is 78.9 Å². The molecule has 2 N–H and O–H groups in total. The van der Waals surface area contributed by atoms with Crippen molar-refractivity contribution >= 4 is 11.6 Å². The van der Waals surface area contributed by atoms with Crippen molar-refractivity contribution in [2.45, 2.75) is 57.1 Å². The van der Waals surface area contributed by atoms with Gasteiger partial charge < -0.3 is 20.1 Å². The number of amides is 1. The third kappa shape index (κ3) is 7.59. The van der Waals surface area contributed by atoms with Gasteiger partial charge in [0.05, 0.1) is 18.3 Å². The van der Waals surface area contributed by atoms with E-state index in [0.717, 1.165) is 57.5 Å². The van der Waals surface area contributed by atoms with E-state index in [9.17, 15) is 4.79 Å². The first kappa shape index (κ1) is 26.3. The van der Waals surface area contributed by atoms with Crippen LogP contribution in [-0.4, -0.2) is 49.1 Å². The van der Waals surface area contributed by atoms with E-state index in [-0.39, 0.29) is 12.0 Å². The quantitative estimate of drug-likeness (QED) is 0.328. The fourth-order valence-corrected chi connectivity index (χ4v) is 5.43. The summed E-state index contributed by atoms with van der Waals surface area (Å²) in [7, 11) is 0. The van der Waals surface area contributed by atoms with Gasteiger partial charge in [0.15, 0.2) is 0 Å². The number of piperidine rings is 1. The molecule has 0 spiro atoms. The molecule has 200 valence electrons. The Hall–Kier alpha value is -3.35. The monoisotopic (exact) mass is 513 g/mol. The molecule has 2 aliphatic rings. The van der Waals surface area contributed by atoms with Gasteiger partial charge in [0.25, 0.3) is 0 Å². The Labute approximate surface area is 226 Å². The summed E-state index contributed by atoms with van der Waals surface area (Å²) >= 11 is 0. The number of carbonyl (C=O) groups is 1. The highest BCUT2D eigenvalue weighted by molar-refractivity contribution is 5.93. The van der Waals surface area contributed by atoms with Gasteiger partial charge in [0.2, 0.25) is 5.91 Å². The number of hydrogen-bond acceptors (Lipinski definition) is 5. The van der Waals surface area contributed by atoms with Crippen molar-refractivity contribution in [1.82, 2.24) is 10.2 Å². The zero-order valence-electron chi connectivity index (χ0n) is 22.1. The Morgan fingerprint density at radius 3 is 2.32 bits per heavy atom. The van der Waals surface area contributed by atoms with Crippen molar-refractivity contribution in [3.63, 3.8) is 0 Å². The zero-order valence-corrected chi connectivity index (χ0v) is 22.1. The van der Waals surface area contributed by atoms with Gasteiger partial charge >= 0.3 is 0 Å². The molecule has 5 rings (SSSR count). The second-order valence-electron chi connectivity index (χ2n) is 10.3. The molecular formula is C32H39N3O3. The van der Waals surface area contributed by atoms with Crippen LogP contribution in [-0.2, 0) is 11.2 Å². The van der Waals surface area contributed by atoms with Crippen molar-refractivity contribution in [2.24, 2.45) is 0 Å². The summed E-state index contributed by atoms with van der Waals surface area (Å²) in [5.41, 5.74) is 2.00. The third-order valence-corrected chi connectivity index (χ3v) is 7.50. The Balaban J connectivity index is 1.28. The Morgan fingerprint density at radius 2 is 1.58 bits per heavy atom. The van der Waals surface area contributed by atoms with Crippen molar-refractivity contribution in [1.29, 1.82) is 0 Å². The minimum absolute atomic E-state index is 0.00964. The Bertz CT molecular complexity index is 1140. The molecule has 0 radical (unpaired) electrons.